The Morgan fingerprint density at radius 1 is 1.00 bits per heavy atom. The molecule has 1 aromatic heterocycles. The molecule has 3 aromatic rings. The lowest BCUT2D eigenvalue weighted by Crippen LogP contribution is -1.99. The largest absolute Gasteiger partial charge is 0.399 e. The average molecular weight is 277 g/mol. The molecule has 3 N–H and O–H groups in total. The van der Waals surface area contributed by atoms with Crippen molar-refractivity contribution in [2.45, 2.75) is 19.8 Å². The second-order valence-electron chi connectivity index (χ2n) is 5.52. The third-order valence-electron chi connectivity index (χ3n) is 3.56. The minimum atomic E-state index is 0.467. The lowest BCUT2D eigenvalue weighted by Gasteiger charge is -2.14. The van der Waals surface area contributed by atoms with Crippen molar-refractivity contribution in [1.82, 2.24) is 4.98 Å². The summed E-state index contributed by atoms with van der Waals surface area (Å²) >= 11 is 0. The molecule has 0 aliphatic heterocycles. The minimum Gasteiger partial charge on any atom is -0.399 e. The van der Waals surface area contributed by atoms with Crippen molar-refractivity contribution in [2.24, 2.45) is 0 Å². The van der Waals surface area contributed by atoms with Gasteiger partial charge in [-0.1, -0.05) is 32.0 Å². The zero-order valence-corrected chi connectivity index (χ0v) is 12.3. The summed E-state index contributed by atoms with van der Waals surface area (Å²) in [5.41, 5.74) is 9.89. The fourth-order valence-corrected chi connectivity index (χ4v) is 2.47. The number of fused-ring (bicyclic) bond motifs is 1. The molecule has 0 amide bonds. The van der Waals surface area contributed by atoms with Gasteiger partial charge in [0.15, 0.2) is 0 Å². The van der Waals surface area contributed by atoms with Gasteiger partial charge in [-0.15, -0.1) is 0 Å². The number of aromatic nitrogens is 1. The van der Waals surface area contributed by atoms with Crippen molar-refractivity contribution in [2.75, 3.05) is 11.1 Å². The fourth-order valence-electron chi connectivity index (χ4n) is 2.47. The molecule has 0 aliphatic carbocycles. The topological polar surface area (TPSA) is 50.9 Å². The van der Waals surface area contributed by atoms with Crippen molar-refractivity contribution in [3.05, 3.63) is 60.2 Å². The molecule has 0 fully saturated rings. The number of hydrogen-bond donors (Lipinski definition) is 2. The van der Waals surface area contributed by atoms with E-state index in [9.17, 15) is 0 Å². The van der Waals surface area contributed by atoms with Crippen LogP contribution in [-0.2, 0) is 0 Å². The predicted octanol–water partition coefficient (Wildman–Crippen LogP) is 4.68. The van der Waals surface area contributed by atoms with E-state index < -0.39 is 0 Å². The van der Waals surface area contributed by atoms with Crippen molar-refractivity contribution < 1.29 is 0 Å². The molecule has 2 aromatic carbocycles. The van der Waals surface area contributed by atoms with E-state index in [1.807, 2.05) is 36.4 Å². The number of rotatable bonds is 3. The summed E-state index contributed by atoms with van der Waals surface area (Å²) in [5, 5.41) is 4.47. The van der Waals surface area contributed by atoms with Crippen LogP contribution in [0.4, 0.5) is 17.2 Å². The monoisotopic (exact) mass is 277 g/mol. The number of nitrogens with one attached hydrogen (secondary N) is 1. The molecule has 0 bridgehead atoms. The van der Waals surface area contributed by atoms with E-state index in [0.717, 1.165) is 28.1 Å². The lowest BCUT2D eigenvalue weighted by molar-refractivity contribution is 0.869. The molecular formula is C18H19N3. The predicted molar refractivity (Wildman–Crippen MR) is 90.0 cm³/mol. The Morgan fingerprint density at radius 2 is 1.81 bits per heavy atom. The Labute approximate surface area is 124 Å². The fraction of sp³-hybridized carbons (Fsp3) is 0.167. The highest BCUT2D eigenvalue weighted by atomic mass is 15.0. The lowest BCUT2D eigenvalue weighted by atomic mass is 10.0. The number of nitrogens with zero attached hydrogens (tertiary/aromatic N) is 1. The number of pyridine rings is 1. The van der Waals surface area contributed by atoms with Gasteiger partial charge in [0.2, 0.25) is 0 Å². The first kappa shape index (κ1) is 13.4. The summed E-state index contributed by atoms with van der Waals surface area (Å²) in [4.78, 5) is 4.65. The van der Waals surface area contributed by atoms with Gasteiger partial charge in [-0.2, -0.15) is 0 Å². The highest BCUT2D eigenvalue weighted by Gasteiger charge is 2.07. The molecule has 0 saturated heterocycles. The Kier molecular flexibility index (Phi) is 3.48. The van der Waals surface area contributed by atoms with Gasteiger partial charge in [-0.05, 0) is 47.9 Å². The number of nitrogen functional groups attached to an aromatic ring is 1. The van der Waals surface area contributed by atoms with Crippen LogP contribution in [0.25, 0.3) is 10.9 Å². The molecule has 0 aliphatic rings. The van der Waals surface area contributed by atoms with Gasteiger partial charge in [-0.25, -0.2) is 4.98 Å². The Balaban J connectivity index is 1.97. The Morgan fingerprint density at radius 3 is 2.62 bits per heavy atom. The zero-order chi connectivity index (χ0) is 14.8. The third kappa shape index (κ3) is 2.82. The van der Waals surface area contributed by atoms with Crippen LogP contribution in [0.15, 0.2) is 54.6 Å². The van der Waals surface area contributed by atoms with E-state index in [2.05, 4.69) is 42.3 Å². The molecule has 21 heavy (non-hydrogen) atoms. The average Bonchev–Trinajstić information content (AvgIpc) is 2.48. The quantitative estimate of drug-likeness (QED) is 0.683. The summed E-state index contributed by atoms with van der Waals surface area (Å²) in [5.74, 6) is 1.31. The van der Waals surface area contributed by atoms with Gasteiger partial charge >= 0.3 is 0 Å². The third-order valence-corrected chi connectivity index (χ3v) is 3.56. The van der Waals surface area contributed by atoms with Crippen molar-refractivity contribution in [1.29, 1.82) is 0 Å². The molecule has 3 rings (SSSR count). The molecule has 3 heteroatoms. The van der Waals surface area contributed by atoms with E-state index in [4.69, 9.17) is 5.73 Å². The van der Waals surface area contributed by atoms with Crippen molar-refractivity contribution in [3.8, 4) is 0 Å². The van der Waals surface area contributed by atoms with Crippen LogP contribution >= 0.6 is 0 Å². The number of para-hydroxylation sites is 1. The second-order valence-corrected chi connectivity index (χ2v) is 5.52. The summed E-state index contributed by atoms with van der Waals surface area (Å²) in [6.45, 7) is 4.38. The highest BCUT2D eigenvalue weighted by molar-refractivity contribution is 5.83. The molecule has 106 valence electrons. The van der Waals surface area contributed by atoms with Crippen molar-refractivity contribution >= 4 is 28.1 Å². The second kappa shape index (κ2) is 5.44. The number of benzene rings is 2. The summed E-state index contributed by atoms with van der Waals surface area (Å²) in [6.07, 6.45) is 0. The van der Waals surface area contributed by atoms with E-state index in [-0.39, 0.29) is 0 Å². The van der Waals surface area contributed by atoms with E-state index >= 15 is 0 Å². The van der Waals surface area contributed by atoms with Crippen LogP contribution in [0.1, 0.15) is 25.3 Å². The Bertz CT molecular complexity index is 778. The summed E-state index contributed by atoms with van der Waals surface area (Å²) in [6, 6.07) is 18.1. The molecule has 0 unspecified atom stereocenters. The summed E-state index contributed by atoms with van der Waals surface area (Å²) in [7, 11) is 0. The van der Waals surface area contributed by atoms with Gasteiger partial charge < -0.3 is 11.1 Å². The number of anilines is 3. The van der Waals surface area contributed by atoms with Crippen LogP contribution in [-0.4, -0.2) is 4.98 Å². The van der Waals surface area contributed by atoms with Crippen LogP contribution in [0, 0.1) is 0 Å². The van der Waals surface area contributed by atoms with Crippen LogP contribution in [0.2, 0.25) is 0 Å². The molecule has 0 spiro atoms. The maximum absolute atomic E-state index is 5.80. The first-order valence-corrected chi connectivity index (χ1v) is 7.16. The molecule has 0 radical (unpaired) electrons. The van der Waals surface area contributed by atoms with Gasteiger partial charge in [0, 0.05) is 16.8 Å². The first-order chi connectivity index (χ1) is 10.1. The standard InChI is InChI=1S/C18H19N3/c1-12(2)15-5-3-4-6-17(15)21-18-10-7-13-11-14(19)8-9-16(13)20-18/h3-12H,19H2,1-2H3,(H,20,21). The maximum atomic E-state index is 5.80. The first-order valence-electron chi connectivity index (χ1n) is 7.16. The SMILES string of the molecule is CC(C)c1ccccc1Nc1ccc2cc(N)ccc2n1. The van der Waals surface area contributed by atoms with Gasteiger partial charge in [-0.3, -0.25) is 0 Å². The molecule has 0 atom stereocenters. The van der Waals surface area contributed by atoms with E-state index in [1.54, 1.807) is 0 Å². The van der Waals surface area contributed by atoms with Gasteiger partial charge in [0.1, 0.15) is 5.82 Å². The smallest absolute Gasteiger partial charge is 0.131 e. The highest BCUT2D eigenvalue weighted by Crippen LogP contribution is 2.27. The van der Waals surface area contributed by atoms with Crippen molar-refractivity contribution in [3.63, 3.8) is 0 Å². The van der Waals surface area contributed by atoms with Crippen LogP contribution < -0.4 is 11.1 Å². The minimum absolute atomic E-state index is 0.467. The van der Waals surface area contributed by atoms with Crippen LogP contribution in [0.5, 0.6) is 0 Å². The van der Waals surface area contributed by atoms with Gasteiger partial charge in [0.05, 0.1) is 5.52 Å². The molecule has 0 saturated carbocycles. The number of nitrogens with two attached hydrogens (primary N) is 1. The summed E-state index contributed by atoms with van der Waals surface area (Å²) < 4.78 is 0. The molecule has 3 nitrogen and oxygen atoms in total. The zero-order valence-electron chi connectivity index (χ0n) is 12.3. The molecule has 1 heterocycles. The Hall–Kier alpha value is -2.55. The molecular weight excluding hydrogens is 258 g/mol. The van der Waals surface area contributed by atoms with Gasteiger partial charge in [0.25, 0.3) is 0 Å². The van der Waals surface area contributed by atoms with Crippen LogP contribution in [0.3, 0.4) is 0 Å². The number of hydrogen-bond acceptors (Lipinski definition) is 3. The normalized spacial score (nSPS) is 11.0. The maximum Gasteiger partial charge on any atom is 0.131 e. The van der Waals surface area contributed by atoms with E-state index in [1.165, 1.54) is 5.56 Å². The van der Waals surface area contributed by atoms with E-state index in [0.29, 0.717) is 5.92 Å².